The van der Waals surface area contributed by atoms with E-state index < -0.39 is 20.7 Å². The summed E-state index contributed by atoms with van der Waals surface area (Å²) in [7, 11) is -3.46. The fourth-order valence-electron chi connectivity index (χ4n) is 1.05. The number of hydrogen-bond donors (Lipinski definition) is 1. The average molecular weight is 314 g/mol. The summed E-state index contributed by atoms with van der Waals surface area (Å²) in [4.78, 5) is 0. The number of alkyl halides is 1. The van der Waals surface area contributed by atoms with Crippen LogP contribution in [0.1, 0.15) is 11.7 Å². The normalized spacial score (nSPS) is 16.0. The molecule has 1 aromatic carbocycles. The van der Waals surface area contributed by atoms with Crippen molar-refractivity contribution in [3.8, 4) is 0 Å². The molecule has 0 saturated heterocycles. The second-order valence-corrected chi connectivity index (χ2v) is 6.99. The second kappa shape index (κ2) is 4.82. The van der Waals surface area contributed by atoms with E-state index in [2.05, 4.69) is 15.9 Å². The Bertz CT molecular complexity index is 429. The molecule has 0 heterocycles. The summed E-state index contributed by atoms with van der Waals surface area (Å²) >= 11 is 8.87. The van der Waals surface area contributed by atoms with E-state index in [1.165, 1.54) is 0 Å². The van der Waals surface area contributed by atoms with Gasteiger partial charge in [0.2, 0.25) is 0 Å². The van der Waals surface area contributed by atoms with Crippen molar-refractivity contribution in [1.29, 1.82) is 0 Å². The Morgan fingerprint density at radius 1 is 1.33 bits per heavy atom. The van der Waals surface area contributed by atoms with E-state index in [1.807, 2.05) is 0 Å². The standard InChI is InChI=1S/C9H10BrClO3S/c1-15(13,14)9(11)8(12)6-2-4-7(10)5-3-6/h2-5,8-9,12H,1H3/t8-,9-/m1/s1. The SMILES string of the molecule is CS(=O)(=O)[C@@H](Cl)[C@H](O)c1ccc(Br)cc1. The maximum atomic E-state index is 11.1. The maximum Gasteiger partial charge on any atom is 0.167 e. The fraction of sp³-hybridized carbons (Fsp3) is 0.333. The molecule has 1 N–H and O–H groups in total. The van der Waals surface area contributed by atoms with Gasteiger partial charge in [0.25, 0.3) is 0 Å². The van der Waals surface area contributed by atoms with Crippen molar-refractivity contribution in [3.05, 3.63) is 34.3 Å². The topological polar surface area (TPSA) is 54.4 Å². The molecule has 0 bridgehead atoms. The molecule has 0 amide bonds. The van der Waals surface area contributed by atoms with Crippen LogP contribution in [0.25, 0.3) is 0 Å². The minimum absolute atomic E-state index is 0.476. The number of hydrogen-bond acceptors (Lipinski definition) is 3. The van der Waals surface area contributed by atoms with Crippen molar-refractivity contribution in [2.75, 3.05) is 6.26 Å². The molecule has 0 aliphatic rings. The first-order valence-electron chi connectivity index (χ1n) is 4.09. The first kappa shape index (κ1) is 13.0. The Labute approximate surface area is 102 Å². The van der Waals surface area contributed by atoms with Gasteiger partial charge in [0.05, 0.1) is 0 Å². The molecule has 1 rings (SSSR count). The summed E-state index contributed by atoms with van der Waals surface area (Å²) in [6.07, 6.45) is -0.220. The molecular weight excluding hydrogens is 304 g/mol. The molecule has 0 unspecified atom stereocenters. The van der Waals surface area contributed by atoms with E-state index in [0.717, 1.165) is 10.7 Å². The van der Waals surface area contributed by atoms with Gasteiger partial charge in [-0.3, -0.25) is 0 Å². The van der Waals surface area contributed by atoms with E-state index in [9.17, 15) is 13.5 Å². The van der Waals surface area contributed by atoms with Gasteiger partial charge in [-0.15, -0.1) is 11.6 Å². The Balaban J connectivity index is 2.95. The zero-order chi connectivity index (χ0) is 11.6. The van der Waals surface area contributed by atoms with Crippen LogP contribution >= 0.6 is 27.5 Å². The van der Waals surface area contributed by atoms with E-state index >= 15 is 0 Å². The first-order chi connectivity index (χ1) is 6.82. The first-order valence-corrected chi connectivity index (χ1v) is 7.27. The van der Waals surface area contributed by atoms with Crippen molar-refractivity contribution < 1.29 is 13.5 Å². The van der Waals surface area contributed by atoms with Gasteiger partial charge >= 0.3 is 0 Å². The average Bonchev–Trinajstić information content (AvgIpc) is 2.15. The van der Waals surface area contributed by atoms with Crippen molar-refractivity contribution in [3.63, 3.8) is 0 Å². The van der Waals surface area contributed by atoms with Gasteiger partial charge in [-0.25, -0.2) is 8.42 Å². The van der Waals surface area contributed by atoms with Crippen LogP contribution in [0.15, 0.2) is 28.7 Å². The lowest BCUT2D eigenvalue weighted by atomic mass is 10.1. The van der Waals surface area contributed by atoms with Gasteiger partial charge in [0.15, 0.2) is 14.5 Å². The van der Waals surface area contributed by atoms with Crippen LogP contribution in [0, 0.1) is 0 Å². The molecular formula is C9H10BrClO3S. The molecule has 3 nitrogen and oxygen atoms in total. The molecule has 0 aliphatic heterocycles. The van der Waals surface area contributed by atoms with E-state index in [1.54, 1.807) is 24.3 Å². The summed E-state index contributed by atoms with van der Waals surface area (Å²) in [5.74, 6) is 0. The lowest BCUT2D eigenvalue weighted by molar-refractivity contribution is 0.192. The second-order valence-electron chi connectivity index (χ2n) is 3.18. The van der Waals surface area contributed by atoms with Crippen molar-refractivity contribution in [2.24, 2.45) is 0 Å². The molecule has 84 valence electrons. The molecule has 0 saturated carbocycles. The van der Waals surface area contributed by atoms with E-state index in [4.69, 9.17) is 11.6 Å². The molecule has 0 fully saturated rings. The Kier molecular flexibility index (Phi) is 4.17. The van der Waals surface area contributed by atoms with Crippen molar-refractivity contribution in [1.82, 2.24) is 0 Å². The molecule has 15 heavy (non-hydrogen) atoms. The van der Waals surface area contributed by atoms with E-state index in [0.29, 0.717) is 5.56 Å². The Morgan fingerprint density at radius 2 is 1.80 bits per heavy atom. The minimum atomic E-state index is -3.46. The van der Waals surface area contributed by atoms with Crippen LogP contribution in [0.5, 0.6) is 0 Å². The third kappa shape index (κ3) is 3.45. The fourth-order valence-corrected chi connectivity index (χ4v) is 2.08. The smallest absolute Gasteiger partial charge is 0.167 e. The monoisotopic (exact) mass is 312 g/mol. The summed E-state index contributed by atoms with van der Waals surface area (Å²) in [5.41, 5.74) is 0.476. The highest BCUT2D eigenvalue weighted by atomic mass is 79.9. The van der Waals surface area contributed by atoms with E-state index in [-0.39, 0.29) is 0 Å². The molecule has 0 spiro atoms. The van der Waals surface area contributed by atoms with Crippen LogP contribution in [0.4, 0.5) is 0 Å². The van der Waals surface area contributed by atoms with Gasteiger partial charge in [-0.2, -0.15) is 0 Å². The molecule has 0 aliphatic carbocycles. The van der Waals surface area contributed by atoms with Crippen molar-refractivity contribution in [2.45, 2.75) is 10.8 Å². The lowest BCUT2D eigenvalue weighted by Crippen LogP contribution is -2.21. The summed E-state index contributed by atoms with van der Waals surface area (Å²) in [5, 5.41) is 9.69. The van der Waals surface area contributed by atoms with Gasteiger partial charge in [-0.1, -0.05) is 28.1 Å². The van der Waals surface area contributed by atoms with Crippen LogP contribution in [0.2, 0.25) is 0 Å². The summed E-state index contributed by atoms with van der Waals surface area (Å²) in [6.45, 7) is 0. The molecule has 0 aromatic heterocycles. The van der Waals surface area contributed by atoms with Crippen molar-refractivity contribution >= 4 is 37.4 Å². The quantitative estimate of drug-likeness (QED) is 0.869. The summed E-state index contributed by atoms with van der Waals surface area (Å²) < 4.78 is 21.8. The summed E-state index contributed by atoms with van der Waals surface area (Å²) in [6, 6.07) is 6.67. The Morgan fingerprint density at radius 3 is 2.20 bits per heavy atom. The number of aliphatic hydroxyl groups is 1. The molecule has 1 aromatic rings. The number of sulfone groups is 1. The maximum absolute atomic E-state index is 11.1. The number of halogens is 2. The van der Waals surface area contributed by atoms with Gasteiger partial charge < -0.3 is 5.11 Å². The molecule has 2 atom stereocenters. The van der Waals surface area contributed by atoms with Crippen LogP contribution < -0.4 is 0 Å². The largest absolute Gasteiger partial charge is 0.386 e. The Hall–Kier alpha value is -0.100. The van der Waals surface area contributed by atoms with Gasteiger partial charge in [0.1, 0.15) is 6.10 Å². The number of aliphatic hydroxyl groups excluding tert-OH is 1. The highest BCUT2D eigenvalue weighted by Crippen LogP contribution is 2.25. The predicted molar refractivity (Wildman–Crippen MR) is 63.6 cm³/mol. The van der Waals surface area contributed by atoms with Gasteiger partial charge in [0, 0.05) is 10.7 Å². The third-order valence-electron chi connectivity index (χ3n) is 1.87. The number of benzene rings is 1. The minimum Gasteiger partial charge on any atom is -0.386 e. The van der Waals surface area contributed by atoms with Crippen LogP contribution in [-0.4, -0.2) is 24.5 Å². The lowest BCUT2D eigenvalue weighted by Gasteiger charge is -2.15. The zero-order valence-electron chi connectivity index (χ0n) is 7.89. The van der Waals surface area contributed by atoms with Crippen LogP contribution in [-0.2, 0) is 9.84 Å². The molecule has 0 radical (unpaired) electrons. The van der Waals surface area contributed by atoms with Gasteiger partial charge in [-0.05, 0) is 17.7 Å². The highest BCUT2D eigenvalue weighted by Gasteiger charge is 2.27. The number of rotatable bonds is 3. The predicted octanol–water partition coefficient (Wildman–Crippen LogP) is 2.09. The third-order valence-corrected chi connectivity index (χ3v) is 4.68. The van der Waals surface area contributed by atoms with Crippen LogP contribution in [0.3, 0.4) is 0 Å². The molecule has 6 heteroatoms. The highest BCUT2D eigenvalue weighted by molar-refractivity contribution is 9.10. The zero-order valence-corrected chi connectivity index (χ0v) is 11.1.